The number of rotatable bonds is 3. The molecule has 1 amide bonds. The first-order valence-electron chi connectivity index (χ1n) is 8.65. The van der Waals surface area contributed by atoms with Gasteiger partial charge < -0.3 is 15.2 Å². The van der Waals surface area contributed by atoms with Gasteiger partial charge in [-0.25, -0.2) is 8.42 Å². The quantitative estimate of drug-likeness (QED) is 0.673. The van der Waals surface area contributed by atoms with E-state index in [2.05, 4.69) is 15.5 Å². The molecule has 4 rings (SSSR count). The Hall–Kier alpha value is -2.59. The van der Waals surface area contributed by atoms with Crippen molar-refractivity contribution in [3.8, 4) is 5.75 Å². The summed E-state index contributed by atoms with van der Waals surface area (Å²) in [7, 11) is -3.69. The molecule has 9 nitrogen and oxygen atoms in total. The number of para-hydroxylation sites is 1. The molecule has 0 bridgehead atoms. The van der Waals surface area contributed by atoms with Crippen LogP contribution in [0.25, 0.3) is 0 Å². The highest BCUT2D eigenvalue weighted by molar-refractivity contribution is 7.89. The van der Waals surface area contributed by atoms with Crippen LogP contribution in [0.4, 0.5) is 0 Å². The molecule has 27 heavy (non-hydrogen) atoms. The van der Waals surface area contributed by atoms with E-state index in [0.29, 0.717) is 23.4 Å². The Morgan fingerprint density at radius 3 is 2.85 bits per heavy atom. The van der Waals surface area contributed by atoms with Gasteiger partial charge in [0.05, 0.1) is 12.5 Å². The van der Waals surface area contributed by atoms with E-state index >= 15 is 0 Å². The van der Waals surface area contributed by atoms with Gasteiger partial charge in [-0.05, 0) is 25.5 Å². The van der Waals surface area contributed by atoms with Gasteiger partial charge in [0.2, 0.25) is 15.9 Å². The monoisotopic (exact) mass is 392 g/mol. The first kappa shape index (κ1) is 17.8. The van der Waals surface area contributed by atoms with Gasteiger partial charge in [-0.1, -0.05) is 12.1 Å². The van der Waals surface area contributed by atoms with E-state index in [1.54, 1.807) is 25.1 Å². The average Bonchev–Trinajstić information content (AvgIpc) is 3.15. The molecule has 144 valence electrons. The van der Waals surface area contributed by atoms with E-state index < -0.39 is 10.0 Å². The number of aryl methyl sites for hydroxylation is 1. The fourth-order valence-electron chi connectivity index (χ4n) is 3.66. The molecule has 0 saturated carbocycles. The standard InChI is InChI=1S/C17H20N4O5S/c1-10-13(17(23)20-19-10)7-16(22)18-11-6-12-9-26-14-4-2-3-5-15(14)27(24,25)21(12)8-11/h2-5,11-12H,6-9H2,1H3,(H,18,22)(H2,19,20,23)/t11-,12-/m0/s1. The second kappa shape index (κ2) is 6.54. The molecule has 0 spiro atoms. The Morgan fingerprint density at radius 1 is 1.33 bits per heavy atom. The average molecular weight is 392 g/mol. The molecule has 2 atom stereocenters. The lowest BCUT2D eigenvalue weighted by atomic mass is 10.1. The Bertz CT molecular complexity index is 1040. The number of aromatic nitrogens is 2. The Labute approximate surface area is 155 Å². The zero-order chi connectivity index (χ0) is 19.2. The van der Waals surface area contributed by atoms with Crippen molar-refractivity contribution in [2.45, 2.75) is 36.7 Å². The summed E-state index contributed by atoms with van der Waals surface area (Å²) in [4.78, 5) is 24.2. The van der Waals surface area contributed by atoms with Crippen LogP contribution in [0, 0.1) is 6.92 Å². The highest BCUT2D eigenvalue weighted by Gasteiger charge is 2.44. The summed E-state index contributed by atoms with van der Waals surface area (Å²) >= 11 is 0. The van der Waals surface area contributed by atoms with Gasteiger partial charge in [0.15, 0.2) is 0 Å². The lowest BCUT2D eigenvalue weighted by Crippen LogP contribution is -2.40. The third-order valence-corrected chi connectivity index (χ3v) is 6.98. The third-order valence-electron chi connectivity index (χ3n) is 5.02. The van der Waals surface area contributed by atoms with Crippen molar-refractivity contribution < 1.29 is 17.9 Å². The SMILES string of the molecule is Cc1[nH][nH]c(=O)c1CC(=O)N[C@H]1C[C@H]2COc3ccccc3S(=O)(=O)N2C1. The van der Waals surface area contributed by atoms with E-state index in [0.717, 1.165) is 0 Å². The summed E-state index contributed by atoms with van der Waals surface area (Å²) in [5.74, 6) is 0.0409. The molecule has 0 radical (unpaired) electrons. The zero-order valence-corrected chi connectivity index (χ0v) is 15.5. The molecule has 1 fully saturated rings. The molecule has 1 saturated heterocycles. The molecule has 0 unspecified atom stereocenters. The van der Waals surface area contributed by atoms with E-state index in [-0.39, 0.29) is 48.0 Å². The van der Waals surface area contributed by atoms with E-state index in [1.165, 1.54) is 10.4 Å². The second-order valence-corrected chi connectivity index (χ2v) is 8.70. The lowest BCUT2D eigenvalue weighted by molar-refractivity contribution is -0.121. The van der Waals surface area contributed by atoms with Crippen LogP contribution >= 0.6 is 0 Å². The van der Waals surface area contributed by atoms with Gasteiger partial charge in [-0.3, -0.25) is 14.7 Å². The number of aromatic amines is 2. The fourth-order valence-corrected chi connectivity index (χ4v) is 5.46. The minimum absolute atomic E-state index is 0.0576. The maximum atomic E-state index is 13.0. The molecule has 1 aromatic heterocycles. The number of ether oxygens (including phenoxy) is 1. The Balaban J connectivity index is 1.49. The van der Waals surface area contributed by atoms with Crippen LogP contribution in [0.3, 0.4) is 0 Å². The number of nitrogens with zero attached hydrogens (tertiary/aromatic N) is 1. The summed E-state index contributed by atoms with van der Waals surface area (Å²) in [6.07, 6.45) is 0.402. The number of nitrogens with one attached hydrogen (secondary N) is 3. The van der Waals surface area contributed by atoms with Gasteiger partial charge in [-0.15, -0.1) is 0 Å². The van der Waals surface area contributed by atoms with Crippen molar-refractivity contribution in [2.24, 2.45) is 0 Å². The highest BCUT2D eigenvalue weighted by atomic mass is 32.2. The van der Waals surface area contributed by atoms with Crippen molar-refractivity contribution in [2.75, 3.05) is 13.2 Å². The normalized spacial score (nSPS) is 23.7. The van der Waals surface area contributed by atoms with Crippen LogP contribution in [0.5, 0.6) is 5.75 Å². The smallest absolute Gasteiger partial charge is 0.267 e. The fraction of sp³-hybridized carbons (Fsp3) is 0.412. The highest BCUT2D eigenvalue weighted by Crippen LogP contribution is 2.35. The van der Waals surface area contributed by atoms with Crippen LogP contribution in [0.1, 0.15) is 17.7 Å². The molecule has 10 heteroatoms. The van der Waals surface area contributed by atoms with E-state index in [9.17, 15) is 18.0 Å². The predicted molar refractivity (Wildman–Crippen MR) is 96.0 cm³/mol. The number of hydrogen-bond donors (Lipinski definition) is 3. The van der Waals surface area contributed by atoms with Crippen LogP contribution in [-0.4, -0.2) is 54.1 Å². The minimum Gasteiger partial charge on any atom is -0.490 e. The molecule has 1 aromatic carbocycles. The number of carbonyl (C=O) groups excluding carboxylic acids is 1. The molecule has 2 aliphatic heterocycles. The summed E-state index contributed by atoms with van der Waals surface area (Å²) < 4.78 is 33.0. The third kappa shape index (κ3) is 3.15. The molecular weight excluding hydrogens is 372 g/mol. The number of hydrogen-bond acceptors (Lipinski definition) is 5. The van der Waals surface area contributed by atoms with Crippen molar-refractivity contribution in [3.05, 3.63) is 45.9 Å². The zero-order valence-electron chi connectivity index (χ0n) is 14.7. The first-order chi connectivity index (χ1) is 12.9. The number of sulfonamides is 1. The van der Waals surface area contributed by atoms with Crippen molar-refractivity contribution in [3.63, 3.8) is 0 Å². The summed E-state index contributed by atoms with van der Waals surface area (Å²) in [5.41, 5.74) is 0.670. The Morgan fingerprint density at radius 2 is 2.11 bits per heavy atom. The van der Waals surface area contributed by atoms with Crippen molar-refractivity contribution in [1.82, 2.24) is 19.8 Å². The van der Waals surface area contributed by atoms with Gasteiger partial charge in [0, 0.05) is 23.8 Å². The van der Waals surface area contributed by atoms with Gasteiger partial charge >= 0.3 is 0 Å². The molecule has 0 aliphatic carbocycles. The number of benzene rings is 1. The number of amides is 1. The second-order valence-electron chi connectivity index (χ2n) is 6.85. The number of H-pyrrole nitrogens is 2. The van der Waals surface area contributed by atoms with Gasteiger partial charge in [-0.2, -0.15) is 4.31 Å². The van der Waals surface area contributed by atoms with Gasteiger partial charge in [0.1, 0.15) is 17.3 Å². The first-order valence-corrected chi connectivity index (χ1v) is 10.1. The predicted octanol–water partition coefficient (Wildman–Crippen LogP) is -0.106. The maximum absolute atomic E-state index is 13.0. The van der Waals surface area contributed by atoms with Crippen LogP contribution in [0.15, 0.2) is 34.0 Å². The van der Waals surface area contributed by atoms with Crippen molar-refractivity contribution >= 4 is 15.9 Å². The van der Waals surface area contributed by atoms with E-state index in [4.69, 9.17) is 4.74 Å². The Kier molecular flexibility index (Phi) is 4.31. The molecule has 3 N–H and O–H groups in total. The number of carbonyl (C=O) groups is 1. The molecular formula is C17H20N4O5S. The van der Waals surface area contributed by atoms with Crippen LogP contribution in [-0.2, 0) is 21.2 Å². The summed E-state index contributed by atoms with van der Waals surface area (Å²) in [6, 6.07) is 5.89. The van der Waals surface area contributed by atoms with Crippen LogP contribution < -0.4 is 15.6 Å². The summed E-state index contributed by atoms with van der Waals surface area (Å²) in [6.45, 7) is 2.12. The molecule has 3 heterocycles. The van der Waals surface area contributed by atoms with E-state index in [1.807, 2.05) is 0 Å². The largest absolute Gasteiger partial charge is 0.490 e. The maximum Gasteiger partial charge on any atom is 0.267 e. The lowest BCUT2D eigenvalue weighted by Gasteiger charge is -2.19. The summed E-state index contributed by atoms with van der Waals surface area (Å²) in [5, 5.41) is 7.96. The van der Waals surface area contributed by atoms with Crippen molar-refractivity contribution in [1.29, 1.82) is 0 Å². The number of fused-ring (bicyclic) bond motifs is 2. The molecule has 2 aliphatic rings. The molecule has 2 aromatic rings. The minimum atomic E-state index is -3.69. The van der Waals surface area contributed by atoms with Gasteiger partial charge in [0.25, 0.3) is 5.56 Å². The van der Waals surface area contributed by atoms with Crippen LogP contribution in [0.2, 0.25) is 0 Å². The topological polar surface area (TPSA) is 124 Å².